The molecule has 2 nitrogen and oxygen atoms in total. The van der Waals surface area contributed by atoms with E-state index in [-0.39, 0.29) is 11.7 Å². The number of rotatable bonds is 4. The third kappa shape index (κ3) is 3.08. The molecule has 0 atom stereocenters. The van der Waals surface area contributed by atoms with Crippen LogP contribution in [0.15, 0.2) is 54.6 Å². The second-order valence-corrected chi connectivity index (χ2v) is 3.76. The summed E-state index contributed by atoms with van der Waals surface area (Å²) in [6.07, 6.45) is 0. The van der Waals surface area contributed by atoms with Gasteiger partial charge in [-0.1, -0.05) is 18.2 Å². The molecule has 3 heteroatoms. The van der Waals surface area contributed by atoms with Crippen molar-refractivity contribution in [3.63, 3.8) is 0 Å². The van der Waals surface area contributed by atoms with Crippen molar-refractivity contribution < 1.29 is 9.53 Å². The minimum atomic E-state index is -0.0853. The van der Waals surface area contributed by atoms with Crippen LogP contribution in [0, 0.1) is 0 Å². The van der Waals surface area contributed by atoms with Gasteiger partial charge in [0.15, 0.2) is 5.78 Å². The van der Waals surface area contributed by atoms with Crippen LogP contribution >= 0.6 is 11.6 Å². The zero-order chi connectivity index (χ0) is 12.1. The van der Waals surface area contributed by atoms with Crippen molar-refractivity contribution >= 4 is 17.4 Å². The van der Waals surface area contributed by atoms with Gasteiger partial charge in [0.1, 0.15) is 11.5 Å². The molecule has 0 unspecified atom stereocenters. The first-order valence-electron chi connectivity index (χ1n) is 5.22. The van der Waals surface area contributed by atoms with Gasteiger partial charge < -0.3 is 4.74 Å². The smallest absolute Gasteiger partial charge is 0.177 e. The number of benzene rings is 2. The Kier molecular flexibility index (Phi) is 3.78. The van der Waals surface area contributed by atoms with Crippen molar-refractivity contribution in [1.82, 2.24) is 0 Å². The van der Waals surface area contributed by atoms with Gasteiger partial charge in [0, 0.05) is 5.56 Å². The number of carbonyl (C=O) groups excluding carboxylic acids is 1. The van der Waals surface area contributed by atoms with E-state index >= 15 is 0 Å². The molecule has 2 aromatic carbocycles. The molecule has 0 saturated heterocycles. The van der Waals surface area contributed by atoms with E-state index in [1.165, 1.54) is 0 Å². The summed E-state index contributed by atoms with van der Waals surface area (Å²) in [4.78, 5) is 11.3. The molecule has 0 amide bonds. The Hall–Kier alpha value is -1.80. The van der Waals surface area contributed by atoms with Crippen molar-refractivity contribution in [1.29, 1.82) is 0 Å². The number of hydrogen-bond acceptors (Lipinski definition) is 2. The maximum absolute atomic E-state index is 11.3. The normalized spacial score (nSPS) is 9.94. The van der Waals surface area contributed by atoms with E-state index in [0.29, 0.717) is 11.3 Å². The van der Waals surface area contributed by atoms with Crippen molar-refractivity contribution in [2.24, 2.45) is 0 Å². The molecular weight excluding hydrogens is 236 g/mol. The molecule has 0 heterocycles. The number of ether oxygens (including phenoxy) is 1. The fraction of sp³-hybridized carbons (Fsp3) is 0.0714. The topological polar surface area (TPSA) is 26.3 Å². The van der Waals surface area contributed by atoms with Gasteiger partial charge in [0.05, 0.1) is 5.88 Å². The number of halogens is 1. The maximum Gasteiger partial charge on any atom is 0.177 e. The number of ketones is 1. The largest absolute Gasteiger partial charge is 0.457 e. The molecule has 0 fully saturated rings. The molecule has 0 aliphatic heterocycles. The Bertz CT molecular complexity index is 491. The second-order valence-electron chi connectivity index (χ2n) is 3.50. The number of Topliss-reactive ketones (excluding diaryl/α,β-unsaturated/α-hetero) is 1. The standard InChI is InChI=1S/C14H11ClO2/c15-10-14(16)11-6-8-13(9-7-11)17-12-4-2-1-3-5-12/h1-9H,10H2. The van der Waals surface area contributed by atoms with Crippen LogP contribution in [0.2, 0.25) is 0 Å². The molecule has 0 aliphatic carbocycles. The molecule has 0 aliphatic rings. The molecule has 0 aromatic heterocycles. The van der Waals surface area contributed by atoms with E-state index in [9.17, 15) is 4.79 Å². The summed E-state index contributed by atoms with van der Waals surface area (Å²) in [7, 11) is 0. The molecule has 2 aromatic rings. The quantitative estimate of drug-likeness (QED) is 0.604. The summed E-state index contributed by atoms with van der Waals surface area (Å²) < 4.78 is 5.60. The Labute approximate surface area is 105 Å². The van der Waals surface area contributed by atoms with Gasteiger partial charge >= 0.3 is 0 Å². The van der Waals surface area contributed by atoms with Crippen molar-refractivity contribution in [2.45, 2.75) is 0 Å². The van der Waals surface area contributed by atoms with E-state index < -0.39 is 0 Å². The molecule has 0 bridgehead atoms. The number of para-hydroxylation sites is 1. The number of carbonyl (C=O) groups is 1. The van der Waals surface area contributed by atoms with Crippen molar-refractivity contribution in [3.05, 3.63) is 60.2 Å². The van der Waals surface area contributed by atoms with Gasteiger partial charge in [-0.3, -0.25) is 4.79 Å². The summed E-state index contributed by atoms with van der Waals surface area (Å²) in [6.45, 7) is 0. The van der Waals surface area contributed by atoms with Gasteiger partial charge in [-0.25, -0.2) is 0 Å². The first kappa shape index (κ1) is 11.7. The monoisotopic (exact) mass is 246 g/mol. The van der Waals surface area contributed by atoms with E-state index in [4.69, 9.17) is 16.3 Å². The fourth-order valence-corrected chi connectivity index (χ4v) is 1.56. The molecule has 0 saturated carbocycles. The van der Waals surface area contributed by atoms with Crippen LogP contribution in [0.25, 0.3) is 0 Å². The highest BCUT2D eigenvalue weighted by Gasteiger charge is 2.04. The average Bonchev–Trinajstić information content (AvgIpc) is 2.40. The lowest BCUT2D eigenvalue weighted by Gasteiger charge is -2.05. The summed E-state index contributed by atoms with van der Waals surface area (Å²) in [5.74, 6) is 1.38. The first-order valence-corrected chi connectivity index (χ1v) is 5.75. The Morgan fingerprint density at radius 1 is 0.941 bits per heavy atom. The van der Waals surface area contributed by atoms with Gasteiger partial charge in [0.2, 0.25) is 0 Å². The van der Waals surface area contributed by atoms with Gasteiger partial charge in [0.25, 0.3) is 0 Å². The van der Waals surface area contributed by atoms with Gasteiger partial charge in [-0.15, -0.1) is 11.6 Å². The van der Waals surface area contributed by atoms with E-state index in [1.54, 1.807) is 24.3 Å². The van der Waals surface area contributed by atoms with Crippen molar-refractivity contribution in [2.75, 3.05) is 5.88 Å². The van der Waals surface area contributed by atoms with E-state index in [0.717, 1.165) is 5.75 Å². The molecule has 86 valence electrons. The van der Waals surface area contributed by atoms with Crippen LogP contribution in [-0.2, 0) is 0 Å². The molecule has 0 N–H and O–H groups in total. The molecule has 17 heavy (non-hydrogen) atoms. The lowest BCUT2D eigenvalue weighted by Crippen LogP contribution is -1.99. The Morgan fingerprint density at radius 2 is 1.53 bits per heavy atom. The third-order valence-corrected chi connectivity index (χ3v) is 2.52. The molecular formula is C14H11ClO2. The molecule has 2 rings (SSSR count). The van der Waals surface area contributed by atoms with Crippen LogP contribution in [0.5, 0.6) is 11.5 Å². The summed E-state index contributed by atoms with van der Waals surface area (Å²) >= 11 is 5.48. The predicted octanol–water partition coefficient (Wildman–Crippen LogP) is 3.90. The zero-order valence-corrected chi connectivity index (χ0v) is 9.85. The average molecular weight is 247 g/mol. The van der Waals surface area contributed by atoms with Crippen LogP contribution < -0.4 is 4.74 Å². The lowest BCUT2D eigenvalue weighted by molar-refractivity contribution is 0.102. The van der Waals surface area contributed by atoms with Gasteiger partial charge in [-0.2, -0.15) is 0 Å². The number of alkyl halides is 1. The maximum atomic E-state index is 11.3. The fourth-order valence-electron chi connectivity index (χ4n) is 1.41. The van der Waals surface area contributed by atoms with E-state index in [2.05, 4.69) is 0 Å². The minimum Gasteiger partial charge on any atom is -0.457 e. The van der Waals surface area contributed by atoms with Crippen LogP contribution in [0.3, 0.4) is 0 Å². The molecule has 0 spiro atoms. The Morgan fingerprint density at radius 3 is 2.12 bits per heavy atom. The third-order valence-electron chi connectivity index (χ3n) is 2.28. The van der Waals surface area contributed by atoms with Crippen molar-refractivity contribution in [3.8, 4) is 11.5 Å². The predicted molar refractivity (Wildman–Crippen MR) is 68.0 cm³/mol. The summed E-state index contributed by atoms with van der Waals surface area (Å²) in [5.41, 5.74) is 0.598. The second kappa shape index (κ2) is 5.51. The summed E-state index contributed by atoms with van der Waals surface area (Å²) in [5, 5.41) is 0. The van der Waals surface area contributed by atoms with Crippen LogP contribution in [0.1, 0.15) is 10.4 Å². The molecule has 0 radical (unpaired) electrons. The number of hydrogen-bond donors (Lipinski definition) is 0. The highest BCUT2D eigenvalue weighted by Crippen LogP contribution is 2.21. The highest BCUT2D eigenvalue weighted by molar-refractivity contribution is 6.30. The van der Waals surface area contributed by atoms with Gasteiger partial charge in [-0.05, 0) is 36.4 Å². The first-order chi connectivity index (χ1) is 8.29. The summed E-state index contributed by atoms with van der Waals surface area (Å²) in [6, 6.07) is 16.4. The lowest BCUT2D eigenvalue weighted by atomic mass is 10.1. The highest BCUT2D eigenvalue weighted by atomic mass is 35.5. The van der Waals surface area contributed by atoms with E-state index in [1.807, 2.05) is 30.3 Å². The Balaban J connectivity index is 2.11. The zero-order valence-electron chi connectivity index (χ0n) is 9.10. The SMILES string of the molecule is O=C(CCl)c1ccc(Oc2ccccc2)cc1. The van der Waals surface area contributed by atoms with Crippen LogP contribution in [0.4, 0.5) is 0 Å². The van der Waals surface area contributed by atoms with Crippen LogP contribution in [-0.4, -0.2) is 11.7 Å². The minimum absolute atomic E-state index is 0.00110.